The molecule has 4 aliphatic heterocycles. The van der Waals surface area contributed by atoms with E-state index in [9.17, 15) is 33.9 Å². The molecule has 23 nitrogen and oxygen atoms in total. The van der Waals surface area contributed by atoms with Crippen LogP contribution in [0.5, 0.6) is 0 Å². The molecule has 2 fully saturated rings. The minimum Gasteiger partial charge on any atom is -0.392 e. The lowest BCUT2D eigenvalue weighted by molar-refractivity contribution is -0.136. The summed E-state index contributed by atoms with van der Waals surface area (Å²) >= 11 is 0. The SMILES string of the molecule is C[C@H]1CN(CCOCCOCCOCCOCCOCCNc2cccc3c2C(=O)N(C2CCC(=O)NC2=O)C3=O)CCN1c1ccc(Nc2cc(-c3ccnc(N4CCn5c(cc6c5CC(C)(C)C6)C4=O)c3CO)cn(C)c2=O)nc1. The van der Waals surface area contributed by atoms with Gasteiger partial charge in [0, 0.05) is 100 Å². The fraction of sp³-hybridized carbons (Fsp3) is 0.492. The molecule has 0 radical (unpaired) electrons. The van der Waals surface area contributed by atoms with Crippen molar-refractivity contribution in [3.8, 4) is 11.1 Å². The number of fused-ring (bicyclic) bond motifs is 4. The fourth-order valence-corrected chi connectivity index (χ4v) is 11.7. The highest BCUT2D eigenvalue weighted by atomic mass is 16.6. The molecule has 436 valence electrons. The lowest BCUT2D eigenvalue weighted by atomic mass is 9.90. The molecule has 0 spiro atoms. The molecule has 23 heteroatoms. The third-order valence-corrected chi connectivity index (χ3v) is 15.7. The first-order chi connectivity index (χ1) is 39.7. The molecule has 1 unspecified atom stereocenters. The van der Waals surface area contributed by atoms with Crippen molar-refractivity contribution in [1.29, 1.82) is 0 Å². The number of aryl methyl sites for hydroxylation is 1. The maximum Gasteiger partial charge on any atom is 0.276 e. The number of anilines is 5. The summed E-state index contributed by atoms with van der Waals surface area (Å²) < 4.78 is 32.1. The summed E-state index contributed by atoms with van der Waals surface area (Å²) in [5.41, 5.74) is 7.12. The molecule has 8 heterocycles. The molecular formula is C59H73N11O12. The summed E-state index contributed by atoms with van der Waals surface area (Å²) in [6.45, 7) is 15.5. The molecule has 0 bridgehead atoms. The average Bonchev–Trinajstić information content (AvgIpc) is 3.76. The number of amides is 5. The average molecular weight is 1130 g/mol. The summed E-state index contributed by atoms with van der Waals surface area (Å²) in [5.74, 6) is -1.40. The van der Waals surface area contributed by atoms with E-state index in [0.29, 0.717) is 131 Å². The van der Waals surface area contributed by atoms with Crippen LogP contribution in [-0.4, -0.2) is 181 Å². The molecule has 1 aliphatic carbocycles. The second kappa shape index (κ2) is 25.8. The first-order valence-corrected chi connectivity index (χ1v) is 28.2. The number of hydrogen-bond acceptors (Lipinski definition) is 18. The van der Waals surface area contributed by atoms with E-state index < -0.39 is 29.7 Å². The molecule has 5 amide bonds. The first kappa shape index (κ1) is 57.8. The third-order valence-electron chi connectivity index (χ3n) is 15.7. The predicted molar refractivity (Wildman–Crippen MR) is 305 cm³/mol. The van der Waals surface area contributed by atoms with Gasteiger partial charge in [0.25, 0.3) is 23.3 Å². The maximum atomic E-state index is 14.0. The van der Waals surface area contributed by atoms with Gasteiger partial charge in [-0.15, -0.1) is 0 Å². The van der Waals surface area contributed by atoms with E-state index >= 15 is 0 Å². The van der Waals surface area contributed by atoms with E-state index in [0.717, 1.165) is 49.6 Å². The Balaban J connectivity index is 0.575. The van der Waals surface area contributed by atoms with Crippen molar-refractivity contribution in [2.45, 2.75) is 71.7 Å². The van der Waals surface area contributed by atoms with E-state index in [4.69, 9.17) is 28.7 Å². The van der Waals surface area contributed by atoms with Gasteiger partial charge in [-0.3, -0.25) is 48.8 Å². The summed E-state index contributed by atoms with van der Waals surface area (Å²) in [5, 5.41) is 19.4. The number of ether oxygens (including phenoxy) is 5. The quantitative estimate of drug-likeness (QED) is 0.0454. The van der Waals surface area contributed by atoms with Crippen LogP contribution in [0.25, 0.3) is 11.1 Å². The zero-order valence-corrected chi connectivity index (χ0v) is 47.1. The normalized spacial score (nSPS) is 18.7. The number of carbonyl (C=O) groups is 5. The summed E-state index contributed by atoms with van der Waals surface area (Å²) in [6.07, 6.45) is 7.22. The second-order valence-electron chi connectivity index (χ2n) is 22.0. The van der Waals surface area contributed by atoms with Crippen LogP contribution in [0.2, 0.25) is 0 Å². The predicted octanol–water partition coefficient (Wildman–Crippen LogP) is 3.77. The number of piperazine rings is 1. The van der Waals surface area contributed by atoms with Crippen molar-refractivity contribution in [3.05, 3.63) is 111 Å². The number of piperidine rings is 1. The van der Waals surface area contributed by atoms with Crippen molar-refractivity contribution < 1.29 is 52.8 Å². The number of aromatic nitrogens is 4. The largest absolute Gasteiger partial charge is 0.392 e. The summed E-state index contributed by atoms with van der Waals surface area (Å²) in [6, 6.07) is 13.6. The molecular weight excluding hydrogens is 1050 g/mol. The zero-order valence-electron chi connectivity index (χ0n) is 47.1. The molecule has 10 rings (SSSR count). The molecule has 5 aliphatic rings. The molecule has 2 atom stereocenters. The van der Waals surface area contributed by atoms with Crippen molar-refractivity contribution in [3.63, 3.8) is 0 Å². The van der Waals surface area contributed by atoms with E-state index in [1.54, 1.807) is 54.7 Å². The summed E-state index contributed by atoms with van der Waals surface area (Å²) in [4.78, 5) is 94.4. The first-order valence-electron chi connectivity index (χ1n) is 28.2. The van der Waals surface area contributed by atoms with Crippen LogP contribution in [0.3, 0.4) is 0 Å². The van der Waals surface area contributed by atoms with Gasteiger partial charge < -0.3 is 53.5 Å². The molecule has 5 aromatic rings. The molecule has 0 saturated carbocycles. The number of imide groups is 2. The summed E-state index contributed by atoms with van der Waals surface area (Å²) in [7, 11) is 1.69. The van der Waals surface area contributed by atoms with E-state index in [2.05, 4.69) is 56.1 Å². The highest BCUT2D eigenvalue weighted by Crippen LogP contribution is 2.40. The molecule has 4 aromatic heterocycles. The van der Waals surface area contributed by atoms with Crippen LogP contribution in [0.15, 0.2) is 71.9 Å². The van der Waals surface area contributed by atoms with E-state index in [1.807, 2.05) is 24.4 Å². The van der Waals surface area contributed by atoms with Gasteiger partial charge in [-0.2, -0.15) is 0 Å². The lowest BCUT2D eigenvalue weighted by Crippen LogP contribution is -2.54. The van der Waals surface area contributed by atoms with Crippen LogP contribution < -0.4 is 31.3 Å². The van der Waals surface area contributed by atoms with Gasteiger partial charge in [-0.1, -0.05) is 19.9 Å². The number of pyridine rings is 3. The topological polar surface area (TPSA) is 253 Å². The second-order valence-corrected chi connectivity index (χ2v) is 22.0. The van der Waals surface area contributed by atoms with Gasteiger partial charge >= 0.3 is 0 Å². The number of aliphatic hydroxyl groups excluding tert-OH is 1. The maximum absolute atomic E-state index is 14.0. The monoisotopic (exact) mass is 1130 g/mol. The van der Waals surface area contributed by atoms with Crippen LogP contribution in [0.4, 0.5) is 28.7 Å². The van der Waals surface area contributed by atoms with Crippen LogP contribution >= 0.6 is 0 Å². The van der Waals surface area contributed by atoms with Gasteiger partial charge in [0.2, 0.25) is 11.8 Å². The smallest absolute Gasteiger partial charge is 0.276 e. The number of carbonyl (C=O) groups excluding carboxylic acids is 5. The number of rotatable bonds is 26. The Labute approximate surface area is 475 Å². The van der Waals surface area contributed by atoms with Crippen molar-refractivity contribution in [2.24, 2.45) is 12.5 Å². The van der Waals surface area contributed by atoms with E-state index in [1.165, 1.54) is 15.8 Å². The Morgan fingerprint density at radius 2 is 1.50 bits per heavy atom. The highest BCUT2D eigenvalue weighted by molar-refractivity contribution is 6.25. The Bertz CT molecular complexity index is 3230. The third kappa shape index (κ3) is 12.8. The van der Waals surface area contributed by atoms with Gasteiger partial charge in [-0.25, -0.2) is 9.97 Å². The van der Waals surface area contributed by atoms with Crippen LogP contribution in [0.1, 0.15) is 81.6 Å². The standard InChI is InChI=1S/C59H73N11O12/c1-38-35-66(19-21-79-23-25-81-27-29-82-28-26-80-24-22-78-20-14-60-45-7-5-6-43-52(45)58(77)70(55(43)74)47-9-11-51(72)64-54(47)73)15-16-67(38)41-8-10-50(62-34-41)63-46-30-40(36-65(4)56(46)75)42-12-13-61-53(44(42)37-71)69-18-17-68-48(57(69)76)31-39-32-59(2,3)33-49(39)68/h5-8,10,12-13,30-31,34,36,38,47,60,71H,9,11,14-29,32-33,35,37H2,1-4H3,(H,62,63)(H,64,72,73)/t38-,47?/m0/s1. The minimum absolute atomic E-state index is 0.0568. The Morgan fingerprint density at radius 3 is 2.20 bits per heavy atom. The number of benzene rings is 1. The zero-order chi connectivity index (χ0) is 57.5. The molecule has 4 N–H and O–H groups in total. The fourth-order valence-electron chi connectivity index (χ4n) is 11.7. The Morgan fingerprint density at radius 1 is 0.768 bits per heavy atom. The number of aliphatic hydroxyl groups is 1. The van der Waals surface area contributed by atoms with Gasteiger partial charge in [0.1, 0.15) is 29.1 Å². The van der Waals surface area contributed by atoms with Gasteiger partial charge in [0.05, 0.1) is 95.7 Å². The van der Waals surface area contributed by atoms with E-state index in [-0.39, 0.29) is 53.5 Å². The lowest BCUT2D eigenvalue weighted by Gasteiger charge is -2.41. The van der Waals surface area contributed by atoms with Crippen molar-refractivity contribution in [2.75, 3.05) is 126 Å². The van der Waals surface area contributed by atoms with Crippen LogP contribution in [-0.2, 0) is 66.3 Å². The molecule has 2 saturated heterocycles. The van der Waals surface area contributed by atoms with Crippen LogP contribution in [0, 0.1) is 5.41 Å². The highest BCUT2D eigenvalue weighted by Gasteiger charge is 2.46. The Kier molecular flexibility index (Phi) is 18.2. The van der Waals surface area contributed by atoms with Crippen molar-refractivity contribution >= 4 is 58.2 Å². The van der Waals surface area contributed by atoms with Crippen molar-refractivity contribution in [1.82, 2.24) is 34.2 Å². The van der Waals surface area contributed by atoms with Gasteiger partial charge in [0.15, 0.2) is 0 Å². The molecule has 82 heavy (non-hydrogen) atoms. The number of nitrogens with zero attached hydrogens (tertiary/aromatic N) is 8. The Hall–Kier alpha value is -7.38. The van der Waals surface area contributed by atoms with Gasteiger partial charge in [-0.05, 0) is 85.2 Å². The molecule has 1 aromatic carbocycles. The number of nitrogens with one attached hydrogen (secondary N) is 3. The number of hydrogen-bond donors (Lipinski definition) is 4. The minimum atomic E-state index is -1.02.